The SMILES string of the molecule is COc1cc(C(=O)NCC(C)(C)N2CCCCC2)ccc1OC(C)C. The Morgan fingerprint density at radius 3 is 2.48 bits per heavy atom. The zero-order valence-electron chi connectivity index (χ0n) is 16.2. The summed E-state index contributed by atoms with van der Waals surface area (Å²) in [5.41, 5.74) is 0.545. The molecule has 5 heteroatoms. The highest BCUT2D eigenvalue weighted by Gasteiger charge is 2.28. The first kappa shape index (κ1) is 19.6. The number of likely N-dealkylation sites (tertiary alicyclic amines) is 1. The van der Waals surface area contributed by atoms with Crippen LogP contribution in [0.15, 0.2) is 18.2 Å². The Morgan fingerprint density at radius 1 is 1.20 bits per heavy atom. The Balaban J connectivity index is 2.00. The molecular weight excluding hydrogens is 316 g/mol. The van der Waals surface area contributed by atoms with Crippen molar-refractivity contribution in [3.8, 4) is 11.5 Å². The lowest BCUT2D eigenvalue weighted by Gasteiger charge is -2.41. The number of piperidine rings is 1. The molecule has 1 saturated heterocycles. The molecule has 0 bridgehead atoms. The third-order valence-electron chi connectivity index (χ3n) is 4.68. The molecule has 1 heterocycles. The van der Waals surface area contributed by atoms with E-state index in [0.717, 1.165) is 13.1 Å². The van der Waals surface area contributed by atoms with Crippen molar-refractivity contribution in [3.63, 3.8) is 0 Å². The number of nitrogens with one attached hydrogen (secondary N) is 1. The van der Waals surface area contributed by atoms with Crippen LogP contribution < -0.4 is 14.8 Å². The molecule has 0 aromatic heterocycles. The van der Waals surface area contributed by atoms with Gasteiger partial charge in [0, 0.05) is 17.6 Å². The zero-order valence-corrected chi connectivity index (χ0v) is 16.2. The Morgan fingerprint density at radius 2 is 1.88 bits per heavy atom. The van der Waals surface area contributed by atoms with Crippen LogP contribution in [0.25, 0.3) is 0 Å². The second kappa shape index (κ2) is 8.56. The molecule has 140 valence electrons. The van der Waals surface area contributed by atoms with Crippen molar-refractivity contribution < 1.29 is 14.3 Å². The van der Waals surface area contributed by atoms with E-state index in [9.17, 15) is 4.79 Å². The molecule has 1 fully saturated rings. The van der Waals surface area contributed by atoms with E-state index in [1.54, 1.807) is 25.3 Å². The van der Waals surface area contributed by atoms with Gasteiger partial charge in [-0.15, -0.1) is 0 Å². The minimum atomic E-state index is -0.0838. The standard InChI is InChI=1S/C20H32N2O3/c1-15(2)25-17-10-9-16(13-18(17)24-5)19(23)21-14-20(3,4)22-11-7-6-8-12-22/h9-10,13,15H,6-8,11-12,14H2,1-5H3,(H,21,23). The third-order valence-corrected chi connectivity index (χ3v) is 4.68. The van der Waals surface area contributed by atoms with Crippen molar-refractivity contribution in [2.45, 2.75) is 58.6 Å². The van der Waals surface area contributed by atoms with E-state index in [-0.39, 0.29) is 17.6 Å². The van der Waals surface area contributed by atoms with Gasteiger partial charge in [-0.05, 0) is 71.8 Å². The van der Waals surface area contributed by atoms with Gasteiger partial charge in [0.2, 0.25) is 0 Å². The van der Waals surface area contributed by atoms with Crippen molar-refractivity contribution in [1.82, 2.24) is 10.2 Å². The zero-order chi connectivity index (χ0) is 18.4. The van der Waals surface area contributed by atoms with E-state index >= 15 is 0 Å². The molecule has 2 rings (SSSR count). The van der Waals surface area contributed by atoms with Gasteiger partial charge < -0.3 is 14.8 Å². The number of rotatable bonds is 7. The highest BCUT2D eigenvalue weighted by atomic mass is 16.5. The molecular formula is C20H32N2O3. The summed E-state index contributed by atoms with van der Waals surface area (Å²) in [5.74, 6) is 1.15. The number of carbonyl (C=O) groups is 1. The van der Waals surface area contributed by atoms with E-state index in [4.69, 9.17) is 9.47 Å². The fourth-order valence-corrected chi connectivity index (χ4v) is 3.17. The number of amides is 1. The number of methoxy groups -OCH3 is 1. The van der Waals surface area contributed by atoms with Crippen molar-refractivity contribution in [2.24, 2.45) is 0 Å². The molecule has 1 aromatic rings. The topological polar surface area (TPSA) is 50.8 Å². The smallest absolute Gasteiger partial charge is 0.251 e. The summed E-state index contributed by atoms with van der Waals surface area (Å²) >= 11 is 0. The van der Waals surface area contributed by atoms with E-state index in [1.807, 2.05) is 13.8 Å². The summed E-state index contributed by atoms with van der Waals surface area (Å²) in [7, 11) is 1.59. The second-order valence-electron chi connectivity index (χ2n) is 7.58. The Hall–Kier alpha value is -1.75. The van der Waals surface area contributed by atoms with Crippen LogP contribution in [0.5, 0.6) is 11.5 Å². The number of hydrogen-bond acceptors (Lipinski definition) is 4. The highest BCUT2D eigenvalue weighted by Crippen LogP contribution is 2.29. The van der Waals surface area contributed by atoms with E-state index in [2.05, 4.69) is 24.1 Å². The summed E-state index contributed by atoms with van der Waals surface area (Å²) < 4.78 is 11.1. The van der Waals surface area contributed by atoms with Crippen LogP contribution in [0.1, 0.15) is 57.3 Å². The molecule has 25 heavy (non-hydrogen) atoms. The Kier molecular flexibility index (Phi) is 6.71. The summed E-state index contributed by atoms with van der Waals surface area (Å²) in [5, 5.41) is 3.07. The first-order valence-corrected chi connectivity index (χ1v) is 9.21. The first-order chi connectivity index (χ1) is 11.8. The highest BCUT2D eigenvalue weighted by molar-refractivity contribution is 5.94. The molecule has 0 spiro atoms. The largest absolute Gasteiger partial charge is 0.493 e. The molecule has 1 amide bonds. The van der Waals surface area contributed by atoms with Gasteiger partial charge in [-0.3, -0.25) is 9.69 Å². The predicted octanol–water partition coefficient (Wildman–Crippen LogP) is 3.48. The van der Waals surface area contributed by atoms with Crippen molar-refractivity contribution in [3.05, 3.63) is 23.8 Å². The maximum absolute atomic E-state index is 12.5. The van der Waals surface area contributed by atoms with Crippen molar-refractivity contribution in [2.75, 3.05) is 26.7 Å². The quantitative estimate of drug-likeness (QED) is 0.820. The lowest BCUT2D eigenvalue weighted by atomic mass is 9.98. The van der Waals surface area contributed by atoms with E-state index < -0.39 is 0 Å². The van der Waals surface area contributed by atoms with Crippen molar-refractivity contribution in [1.29, 1.82) is 0 Å². The van der Waals surface area contributed by atoms with Crippen molar-refractivity contribution >= 4 is 5.91 Å². The van der Waals surface area contributed by atoms with Crippen LogP contribution >= 0.6 is 0 Å². The summed E-state index contributed by atoms with van der Waals surface area (Å²) in [6.07, 6.45) is 3.85. The van der Waals surface area contributed by atoms with E-state index in [0.29, 0.717) is 23.6 Å². The molecule has 1 aliphatic rings. The molecule has 1 aliphatic heterocycles. The number of ether oxygens (including phenoxy) is 2. The molecule has 0 atom stereocenters. The molecule has 0 saturated carbocycles. The third kappa shape index (κ3) is 5.36. The first-order valence-electron chi connectivity index (χ1n) is 9.21. The molecule has 1 aromatic carbocycles. The van der Waals surface area contributed by atoms with Crippen LogP contribution in [-0.4, -0.2) is 49.2 Å². The average molecular weight is 348 g/mol. The van der Waals surface area contributed by atoms with Gasteiger partial charge in [-0.2, -0.15) is 0 Å². The maximum atomic E-state index is 12.5. The lowest BCUT2D eigenvalue weighted by Crippen LogP contribution is -2.53. The van der Waals surface area contributed by atoms with Crippen LogP contribution in [0.4, 0.5) is 0 Å². The fourth-order valence-electron chi connectivity index (χ4n) is 3.17. The van der Waals surface area contributed by atoms with Gasteiger partial charge >= 0.3 is 0 Å². The molecule has 1 N–H and O–H groups in total. The summed E-state index contributed by atoms with van der Waals surface area (Å²) in [6.45, 7) is 11.2. The lowest BCUT2D eigenvalue weighted by molar-refractivity contribution is 0.0797. The Labute approximate surface area is 151 Å². The number of hydrogen-bond donors (Lipinski definition) is 1. The molecule has 5 nitrogen and oxygen atoms in total. The minimum absolute atomic E-state index is 0.0408. The van der Waals surface area contributed by atoms with Gasteiger partial charge in [-0.1, -0.05) is 6.42 Å². The minimum Gasteiger partial charge on any atom is -0.493 e. The normalized spacial score (nSPS) is 15.9. The Bertz CT molecular complexity index is 578. The number of carbonyl (C=O) groups excluding carboxylic acids is 1. The van der Waals surface area contributed by atoms with Gasteiger partial charge in [0.25, 0.3) is 5.91 Å². The summed E-state index contributed by atoms with van der Waals surface area (Å²) in [6, 6.07) is 5.31. The van der Waals surface area contributed by atoms with Gasteiger partial charge in [0.1, 0.15) is 0 Å². The number of nitrogens with zero attached hydrogens (tertiary/aromatic N) is 1. The maximum Gasteiger partial charge on any atom is 0.251 e. The van der Waals surface area contributed by atoms with Gasteiger partial charge in [-0.25, -0.2) is 0 Å². The van der Waals surface area contributed by atoms with Crippen LogP contribution in [0, 0.1) is 0 Å². The van der Waals surface area contributed by atoms with E-state index in [1.165, 1.54) is 19.3 Å². The summed E-state index contributed by atoms with van der Waals surface area (Å²) in [4.78, 5) is 15.0. The number of benzene rings is 1. The molecule has 0 unspecified atom stereocenters. The molecule has 0 aliphatic carbocycles. The van der Waals surface area contributed by atoms with Crippen LogP contribution in [-0.2, 0) is 0 Å². The molecule has 0 radical (unpaired) electrons. The van der Waals surface area contributed by atoms with Gasteiger partial charge in [0.05, 0.1) is 13.2 Å². The predicted molar refractivity (Wildman–Crippen MR) is 101 cm³/mol. The van der Waals surface area contributed by atoms with Crippen LogP contribution in [0.2, 0.25) is 0 Å². The second-order valence-corrected chi connectivity index (χ2v) is 7.58. The van der Waals surface area contributed by atoms with Crippen LogP contribution in [0.3, 0.4) is 0 Å². The fraction of sp³-hybridized carbons (Fsp3) is 0.650. The van der Waals surface area contributed by atoms with Gasteiger partial charge in [0.15, 0.2) is 11.5 Å². The average Bonchev–Trinajstić information content (AvgIpc) is 2.60. The monoisotopic (exact) mass is 348 g/mol.